The number of amides is 1. The molecule has 0 saturated carbocycles. The van der Waals surface area contributed by atoms with Crippen molar-refractivity contribution in [1.29, 1.82) is 0 Å². The van der Waals surface area contributed by atoms with Crippen molar-refractivity contribution in [3.8, 4) is 0 Å². The third-order valence-corrected chi connectivity index (χ3v) is 4.38. The van der Waals surface area contributed by atoms with Crippen molar-refractivity contribution >= 4 is 51.8 Å². The Balaban J connectivity index is 2.28. The van der Waals surface area contributed by atoms with Gasteiger partial charge in [0.2, 0.25) is 5.91 Å². The number of carbonyl (C=O) groups excluding carboxylic acids is 1. The second-order valence-electron chi connectivity index (χ2n) is 3.60. The molecule has 0 spiro atoms. The Hall–Kier alpha value is -1.11. The van der Waals surface area contributed by atoms with Gasteiger partial charge in [-0.2, -0.15) is 0 Å². The molecule has 18 heavy (non-hydrogen) atoms. The Kier molecular flexibility index (Phi) is 3.89. The number of carboxylic acids is 1. The summed E-state index contributed by atoms with van der Waals surface area (Å²) in [4.78, 5) is 23.9. The first-order chi connectivity index (χ1) is 8.50. The van der Waals surface area contributed by atoms with Crippen molar-refractivity contribution in [2.75, 3.05) is 6.54 Å². The molecule has 1 saturated heterocycles. The number of halogens is 1. The lowest BCUT2D eigenvalue weighted by Crippen LogP contribution is -2.34. The van der Waals surface area contributed by atoms with Gasteiger partial charge in [0.15, 0.2) is 0 Å². The molecule has 7 heteroatoms. The highest BCUT2D eigenvalue weighted by atomic mass is 35.5. The molecule has 0 aromatic heterocycles. The van der Waals surface area contributed by atoms with Gasteiger partial charge in [-0.3, -0.25) is 14.5 Å². The fraction of sp³-hybridized carbons (Fsp3) is 0.182. The van der Waals surface area contributed by atoms with E-state index in [0.29, 0.717) is 10.6 Å². The number of thiocarbonyl (C=S) groups is 1. The normalized spacial score (nSPS) is 19.4. The molecule has 1 aliphatic rings. The van der Waals surface area contributed by atoms with Crippen LogP contribution in [0.1, 0.15) is 10.8 Å². The summed E-state index contributed by atoms with van der Waals surface area (Å²) in [6.07, 6.45) is 0. The Morgan fingerprint density at radius 2 is 2.17 bits per heavy atom. The Bertz CT molecular complexity index is 535. The molecule has 1 aromatic rings. The average molecular weight is 302 g/mol. The van der Waals surface area contributed by atoms with Gasteiger partial charge in [-0.25, -0.2) is 0 Å². The molecule has 1 amide bonds. The Morgan fingerprint density at radius 3 is 2.78 bits per heavy atom. The minimum absolute atomic E-state index is 0.271. The van der Waals surface area contributed by atoms with Crippen molar-refractivity contribution in [3.63, 3.8) is 0 Å². The predicted molar refractivity (Wildman–Crippen MR) is 73.7 cm³/mol. The number of carbonyl (C=O) groups is 2. The van der Waals surface area contributed by atoms with Gasteiger partial charge in [0, 0.05) is 5.02 Å². The van der Waals surface area contributed by atoms with Crippen molar-refractivity contribution in [2.24, 2.45) is 0 Å². The molecule has 1 heterocycles. The van der Waals surface area contributed by atoms with Crippen LogP contribution in [0, 0.1) is 0 Å². The predicted octanol–water partition coefficient (Wildman–Crippen LogP) is 2.33. The highest BCUT2D eigenvalue weighted by Crippen LogP contribution is 2.41. The fourth-order valence-electron chi connectivity index (χ4n) is 1.61. The molecule has 0 radical (unpaired) electrons. The van der Waals surface area contributed by atoms with Crippen LogP contribution in [0.2, 0.25) is 5.02 Å². The van der Waals surface area contributed by atoms with E-state index in [-0.39, 0.29) is 10.2 Å². The van der Waals surface area contributed by atoms with E-state index in [9.17, 15) is 9.59 Å². The van der Waals surface area contributed by atoms with Crippen molar-refractivity contribution in [2.45, 2.75) is 5.25 Å². The maximum absolute atomic E-state index is 12.1. The van der Waals surface area contributed by atoms with E-state index in [1.54, 1.807) is 24.3 Å². The van der Waals surface area contributed by atoms with E-state index in [4.69, 9.17) is 28.9 Å². The van der Waals surface area contributed by atoms with E-state index in [1.807, 2.05) is 0 Å². The Labute approximate surface area is 118 Å². The van der Waals surface area contributed by atoms with Gasteiger partial charge in [-0.05, 0) is 11.6 Å². The summed E-state index contributed by atoms with van der Waals surface area (Å²) in [5, 5.41) is 8.66. The van der Waals surface area contributed by atoms with Gasteiger partial charge in [0.25, 0.3) is 0 Å². The number of nitrogens with zero attached hydrogens (tertiary/aromatic N) is 1. The summed E-state index contributed by atoms with van der Waals surface area (Å²) in [6.45, 7) is -0.411. The summed E-state index contributed by atoms with van der Waals surface area (Å²) >= 11 is 12.2. The van der Waals surface area contributed by atoms with Crippen LogP contribution in [0.25, 0.3) is 0 Å². The van der Waals surface area contributed by atoms with Crippen LogP contribution in [0.3, 0.4) is 0 Å². The van der Waals surface area contributed by atoms with E-state index in [2.05, 4.69) is 0 Å². The van der Waals surface area contributed by atoms with Gasteiger partial charge in [0.1, 0.15) is 16.1 Å². The van der Waals surface area contributed by atoms with Crippen LogP contribution in [0.15, 0.2) is 24.3 Å². The van der Waals surface area contributed by atoms with Crippen molar-refractivity contribution < 1.29 is 14.7 Å². The first kappa shape index (κ1) is 13.3. The smallest absolute Gasteiger partial charge is 0.323 e. The monoisotopic (exact) mass is 301 g/mol. The molecule has 1 unspecified atom stereocenters. The molecule has 1 N–H and O–H groups in total. The number of hydrogen-bond donors (Lipinski definition) is 1. The topological polar surface area (TPSA) is 57.6 Å². The second kappa shape index (κ2) is 5.26. The highest BCUT2D eigenvalue weighted by Gasteiger charge is 2.39. The number of benzene rings is 1. The zero-order valence-corrected chi connectivity index (χ0v) is 11.4. The van der Waals surface area contributed by atoms with Crippen molar-refractivity contribution in [1.82, 2.24) is 4.90 Å². The molecule has 1 aliphatic heterocycles. The zero-order valence-electron chi connectivity index (χ0n) is 9.00. The molecule has 2 rings (SSSR count). The zero-order chi connectivity index (χ0) is 13.3. The molecular formula is C11H8ClNO3S2. The summed E-state index contributed by atoms with van der Waals surface area (Å²) in [7, 11) is 0. The number of thioether (sulfide) groups is 1. The SMILES string of the molecule is O=C(O)CN1C(=O)C(c2ccccc2Cl)SC1=S. The molecule has 1 atom stereocenters. The van der Waals surface area contributed by atoms with E-state index in [0.717, 1.165) is 16.7 Å². The summed E-state index contributed by atoms with van der Waals surface area (Å²) in [6, 6.07) is 6.97. The van der Waals surface area contributed by atoms with Gasteiger partial charge in [0.05, 0.1) is 0 Å². The summed E-state index contributed by atoms with van der Waals surface area (Å²) < 4.78 is 0.271. The van der Waals surface area contributed by atoms with Crippen LogP contribution >= 0.6 is 35.6 Å². The van der Waals surface area contributed by atoms with Crippen LogP contribution in [-0.2, 0) is 9.59 Å². The molecule has 1 aromatic carbocycles. The molecule has 4 nitrogen and oxygen atoms in total. The lowest BCUT2D eigenvalue weighted by molar-refractivity contribution is -0.141. The van der Waals surface area contributed by atoms with Crippen LogP contribution in [0.5, 0.6) is 0 Å². The molecular weight excluding hydrogens is 294 g/mol. The molecule has 0 aliphatic carbocycles. The van der Waals surface area contributed by atoms with Crippen LogP contribution < -0.4 is 0 Å². The quantitative estimate of drug-likeness (QED) is 0.868. The lowest BCUT2D eigenvalue weighted by Gasteiger charge is -2.12. The minimum Gasteiger partial charge on any atom is -0.480 e. The largest absolute Gasteiger partial charge is 0.480 e. The van der Waals surface area contributed by atoms with Crippen molar-refractivity contribution in [3.05, 3.63) is 34.9 Å². The maximum atomic E-state index is 12.1. The highest BCUT2D eigenvalue weighted by molar-refractivity contribution is 8.24. The first-order valence-electron chi connectivity index (χ1n) is 4.99. The third-order valence-electron chi connectivity index (χ3n) is 2.41. The number of hydrogen-bond acceptors (Lipinski definition) is 4. The van der Waals surface area contributed by atoms with Gasteiger partial charge in [-0.1, -0.05) is 53.8 Å². The van der Waals surface area contributed by atoms with E-state index in [1.165, 1.54) is 0 Å². The molecule has 94 valence electrons. The average Bonchev–Trinajstić information content (AvgIpc) is 2.57. The van der Waals surface area contributed by atoms with Gasteiger partial charge >= 0.3 is 5.97 Å². The third kappa shape index (κ3) is 2.50. The van der Waals surface area contributed by atoms with E-state index < -0.39 is 17.8 Å². The number of aliphatic carboxylic acids is 1. The van der Waals surface area contributed by atoms with Gasteiger partial charge < -0.3 is 5.11 Å². The van der Waals surface area contributed by atoms with Crippen LogP contribution in [-0.4, -0.2) is 32.7 Å². The van der Waals surface area contributed by atoms with E-state index >= 15 is 0 Å². The standard InChI is InChI=1S/C11H8ClNO3S2/c12-7-4-2-1-3-6(7)9-10(16)13(5-8(14)15)11(17)18-9/h1-4,9H,5H2,(H,14,15). The fourth-order valence-corrected chi connectivity index (χ4v) is 3.41. The molecule has 1 fully saturated rings. The number of carboxylic acid groups (broad SMARTS) is 1. The second-order valence-corrected chi connectivity index (χ2v) is 5.75. The minimum atomic E-state index is -1.09. The maximum Gasteiger partial charge on any atom is 0.323 e. The molecule has 0 bridgehead atoms. The van der Waals surface area contributed by atoms with Crippen LogP contribution in [0.4, 0.5) is 0 Å². The number of rotatable bonds is 3. The Morgan fingerprint density at radius 1 is 1.50 bits per heavy atom. The lowest BCUT2D eigenvalue weighted by atomic mass is 10.1. The summed E-state index contributed by atoms with van der Waals surface area (Å²) in [5.41, 5.74) is 0.657. The van der Waals surface area contributed by atoms with Gasteiger partial charge in [-0.15, -0.1) is 0 Å². The first-order valence-corrected chi connectivity index (χ1v) is 6.65. The summed E-state index contributed by atoms with van der Waals surface area (Å²) in [5.74, 6) is -1.42.